The molecule has 2 heterocycles. The van der Waals surface area contributed by atoms with Crippen molar-refractivity contribution in [2.24, 2.45) is 0 Å². The first-order valence-electron chi connectivity index (χ1n) is 11.5. The maximum Gasteiger partial charge on any atom is 0.250 e. The van der Waals surface area contributed by atoms with Gasteiger partial charge in [-0.3, -0.25) is 9.59 Å². The van der Waals surface area contributed by atoms with Gasteiger partial charge < -0.3 is 14.5 Å². The summed E-state index contributed by atoms with van der Waals surface area (Å²) in [4.78, 5) is 31.7. The SMILES string of the molecule is CCCCOc1ccc([C@@H]2C(=O)N(C3CCCCC3)CC(=O)N2Cc2cccs2)cc1. The zero-order valence-corrected chi connectivity index (χ0v) is 19.1. The maximum atomic E-state index is 13.7. The van der Waals surface area contributed by atoms with Crippen LogP contribution in [0.15, 0.2) is 41.8 Å². The molecule has 2 aromatic rings. The van der Waals surface area contributed by atoms with Gasteiger partial charge in [-0.1, -0.05) is 50.8 Å². The summed E-state index contributed by atoms with van der Waals surface area (Å²) in [6.07, 6.45) is 7.60. The number of carbonyl (C=O) groups excluding carboxylic acids is 2. The van der Waals surface area contributed by atoms with Crippen LogP contribution in [0.1, 0.15) is 68.4 Å². The molecule has 1 aliphatic heterocycles. The third-order valence-corrected chi connectivity index (χ3v) is 7.20. The van der Waals surface area contributed by atoms with Crippen LogP contribution in [0, 0.1) is 0 Å². The van der Waals surface area contributed by atoms with Gasteiger partial charge in [0.2, 0.25) is 5.91 Å². The van der Waals surface area contributed by atoms with Gasteiger partial charge in [-0.15, -0.1) is 11.3 Å². The van der Waals surface area contributed by atoms with Crippen LogP contribution in [0.4, 0.5) is 0 Å². The molecule has 1 saturated carbocycles. The number of carbonyl (C=O) groups is 2. The molecule has 1 atom stereocenters. The highest BCUT2D eigenvalue weighted by molar-refractivity contribution is 7.09. The van der Waals surface area contributed by atoms with Gasteiger partial charge in [-0.2, -0.15) is 0 Å². The molecule has 1 saturated heterocycles. The first-order chi connectivity index (χ1) is 15.2. The van der Waals surface area contributed by atoms with Gasteiger partial charge in [-0.05, 0) is 48.4 Å². The van der Waals surface area contributed by atoms with E-state index in [9.17, 15) is 9.59 Å². The van der Waals surface area contributed by atoms with E-state index in [1.807, 2.05) is 46.7 Å². The van der Waals surface area contributed by atoms with E-state index in [-0.39, 0.29) is 24.4 Å². The third-order valence-electron chi connectivity index (χ3n) is 6.34. The number of thiophene rings is 1. The van der Waals surface area contributed by atoms with Crippen LogP contribution in [-0.2, 0) is 16.1 Å². The fourth-order valence-electron chi connectivity index (χ4n) is 4.60. The summed E-state index contributed by atoms with van der Waals surface area (Å²) in [5, 5.41) is 2.01. The van der Waals surface area contributed by atoms with Crippen molar-refractivity contribution < 1.29 is 14.3 Å². The second-order valence-electron chi connectivity index (χ2n) is 8.53. The summed E-state index contributed by atoms with van der Waals surface area (Å²) >= 11 is 1.62. The molecule has 1 aliphatic carbocycles. The Morgan fingerprint density at radius 2 is 1.84 bits per heavy atom. The molecule has 31 heavy (non-hydrogen) atoms. The summed E-state index contributed by atoms with van der Waals surface area (Å²) in [6, 6.07) is 11.4. The van der Waals surface area contributed by atoms with E-state index >= 15 is 0 Å². The number of benzene rings is 1. The van der Waals surface area contributed by atoms with Crippen molar-refractivity contribution >= 4 is 23.2 Å². The average Bonchev–Trinajstić information content (AvgIpc) is 3.31. The molecule has 0 radical (unpaired) electrons. The quantitative estimate of drug-likeness (QED) is 0.532. The fourth-order valence-corrected chi connectivity index (χ4v) is 5.31. The number of rotatable bonds is 8. The second kappa shape index (κ2) is 10.3. The molecule has 0 unspecified atom stereocenters. The van der Waals surface area contributed by atoms with E-state index in [0.717, 1.165) is 54.7 Å². The summed E-state index contributed by atoms with van der Waals surface area (Å²) in [6.45, 7) is 3.50. The second-order valence-corrected chi connectivity index (χ2v) is 9.56. The van der Waals surface area contributed by atoms with Crippen LogP contribution in [-0.4, -0.2) is 40.8 Å². The minimum atomic E-state index is -0.574. The van der Waals surface area contributed by atoms with E-state index < -0.39 is 6.04 Å². The summed E-state index contributed by atoms with van der Waals surface area (Å²) in [5.74, 6) is 0.898. The van der Waals surface area contributed by atoms with E-state index in [0.29, 0.717) is 13.2 Å². The Balaban J connectivity index is 1.59. The lowest BCUT2D eigenvalue weighted by molar-refractivity contribution is -0.159. The Labute approximate surface area is 189 Å². The van der Waals surface area contributed by atoms with Gasteiger partial charge in [0.05, 0.1) is 13.2 Å². The molecular weight excluding hydrogens is 408 g/mol. The zero-order chi connectivity index (χ0) is 21.6. The third kappa shape index (κ3) is 5.12. The molecule has 6 heteroatoms. The van der Waals surface area contributed by atoms with Crippen molar-refractivity contribution in [1.29, 1.82) is 0 Å². The van der Waals surface area contributed by atoms with Crippen LogP contribution >= 0.6 is 11.3 Å². The van der Waals surface area contributed by atoms with Crippen LogP contribution in [0.3, 0.4) is 0 Å². The van der Waals surface area contributed by atoms with E-state index in [1.165, 1.54) is 6.42 Å². The largest absolute Gasteiger partial charge is 0.494 e. The molecule has 4 rings (SSSR count). The molecule has 1 aromatic carbocycles. The van der Waals surface area contributed by atoms with Gasteiger partial charge in [0.1, 0.15) is 18.3 Å². The molecule has 0 N–H and O–H groups in total. The van der Waals surface area contributed by atoms with Crippen LogP contribution < -0.4 is 4.74 Å². The molecule has 1 aromatic heterocycles. The normalized spacial score (nSPS) is 20.4. The summed E-state index contributed by atoms with van der Waals surface area (Å²) in [7, 11) is 0. The molecule has 0 bridgehead atoms. The van der Waals surface area contributed by atoms with E-state index in [1.54, 1.807) is 16.2 Å². The highest BCUT2D eigenvalue weighted by Crippen LogP contribution is 2.34. The van der Waals surface area contributed by atoms with Crippen LogP contribution in [0.2, 0.25) is 0 Å². The van der Waals surface area contributed by atoms with Gasteiger partial charge >= 0.3 is 0 Å². The number of piperazine rings is 1. The van der Waals surface area contributed by atoms with Gasteiger partial charge in [0, 0.05) is 10.9 Å². The minimum absolute atomic E-state index is 0.0341. The van der Waals surface area contributed by atoms with Crippen molar-refractivity contribution in [3.63, 3.8) is 0 Å². The first-order valence-corrected chi connectivity index (χ1v) is 12.4. The van der Waals surface area contributed by atoms with Crippen molar-refractivity contribution in [2.45, 2.75) is 70.5 Å². The van der Waals surface area contributed by atoms with Gasteiger partial charge in [0.25, 0.3) is 5.91 Å². The Morgan fingerprint density at radius 3 is 2.52 bits per heavy atom. The molecule has 166 valence electrons. The Morgan fingerprint density at radius 1 is 1.06 bits per heavy atom. The van der Waals surface area contributed by atoms with Crippen molar-refractivity contribution in [3.8, 4) is 5.75 Å². The van der Waals surface area contributed by atoms with E-state index in [2.05, 4.69) is 6.92 Å². The fraction of sp³-hybridized carbons (Fsp3) is 0.520. The predicted molar refractivity (Wildman–Crippen MR) is 123 cm³/mol. The van der Waals surface area contributed by atoms with Crippen molar-refractivity contribution in [1.82, 2.24) is 9.80 Å². The van der Waals surface area contributed by atoms with Crippen LogP contribution in [0.25, 0.3) is 0 Å². The van der Waals surface area contributed by atoms with E-state index in [4.69, 9.17) is 4.74 Å². The number of nitrogens with zero attached hydrogens (tertiary/aromatic N) is 2. The first kappa shape index (κ1) is 21.9. The number of ether oxygens (including phenoxy) is 1. The molecule has 2 amide bonds. The van der Waals surface area contributed by atoms with Crippen molar-refractivity contribution in [2.75, 3.05) is 13.2 Å². The number of hydrogen-bond donors (Lipinski definition) is 0. The summed E-state index contributed by atoms with van der Waals surface area (Å²) < 4.78 is 5.79. The number of unbranched alkanes of at least 4 members (excludes halogenated alkanes) is 1. The molecule has 2 aliphatic rings. The lowest BCUT2D eigenvalue weighted by Crippen LogP contribution is -2.58. The summed E-state index contributed by atoms with van der Waals surface area (Å²) in [5.41, 5.74) is 0.859. The lowest BCUT2D eigenvalue weighted by Gasteiger charge is -2.44. The zero-order valence-electron chi connectivity index (χ0n) is 18.3. The lowest BCUT2D eigenvalue weighted by atomic mass is 9.91. The molecule has 2 fully saturated rings. The topological polar surface area (TPSA) is 49.9 Å². The highest BCUT2D eigenvalue weighted by atomic mass is 32.1. The monoisotopic (exact) mass is 440 g/mol. The average molecular weight is 441 g/mol. The predicted octanol–water partition coefficient (Wildman–Crippen LogP) is 5.17. The number of hydrogen-bond acceptors (Lipinski definition) is 4. The molecule has 5 nitrogen and oxygen atoms in total. The standard InChI is InChI=1S/C25H32N2O3S/c1-2-3-15-30-21-13-11-19(12-14-21)24-25(29)26(20-8-5-4-6-9-20)18-23(28)27(24)17-22-10-7-16-31-22/h7,10-14,16,20,24H,2-6,8-9,15,17-18H2,1H3/t24-/m1/s1. The Bertz CT molecular complexity index is 859. The number of amides is 2. The minimum Gasteiger partial charge on any atom is -0.494 e. The molecular formula is C25H32N2O3S. The van der Waals surface area contributed by atoms with Gasteiger partial charge in [0.15, 0.2) is 0 Å². The Hall–Kier alpha value is -2.34. The van der Waals surface area contributed by atoms with Crippen molar-refractivity contribution in [3.05, 3.63) is 52.2 Å². The smallest absolute Gasteiger partial charge is 0.250 e. The highest BCUT2D eigenvalue weighted by Gasteiger charge is 2.43. The van der Waals surface area contributed by atoms with Gasteiger partial charge in [-0.25, -0.2) is 0 Å². The van der Waals surface area contributed by atoms with Crippen LogP contribution in [0.5, 0.6) is 5.75 Å². The molecule has 0 spiro atoms. The Kier molecular flexibility index (Phi) is 7.28. The maximum absolute atomic E-state index is 13.7.